The molecule has 1 saturated heterocycles. The first-order valence-electron chi connectivity index (χ1n) is 4.56. The number of carbonyl (C=O) groups is 1. The largest absolute Gasteiger partial charge is 0.381 e. The minimum Gasteiger partial charge on any atom is -0.381 e. The average molecular weight is 184 g/mol. The van der Waals surface area contributed by atoms with Gasteiger partial charge < -0.3 is 4.74 Å². The van der Waals surface area contributed by atoms with Crippen LogP contribution in [0.4, 0.5) is 0 Å². The van der Waals surface area contributed by atoms with Gasteiger partial charge in [0.2, 0.25) is 5.91 Å². The summed E-state index contributed by atoms with van der Waals surface area (Å²) in [7, 11) is 0. The molecule has 1 aliphatic heterocycles. The monoisotopic (exact) mass is 184 g/mol. The molecule has 0 radical (unpaired) electrons. The Morgan fingerprint density at radius 3 is 2.92 bits per heavy atom. The Hall–Kier alpha value is -0.900. The van der Waals surface area contributed by atoms with Crippen LogP contribution < -0.4 is 5.43 Å². The summed E-state index contributed by atoms with van der Waals surface area (Å²) in [6.45, 7) is 5.06. The third-order valence-corrected chi connectivity index (χ3v) is 2.01. The molecule has 0 saturated carbocycles. The second-order valence-corrected chi connectivity index (χ2v) is 3.45. The van der Waals surface area contributed by atoms with Crippen LogP contribution >= 0.6 is 0 Å². The van der Waals surface area contributed by atoms with Gasteiger partial charge in [-0.25, -0.2) is 5.43 Å². The van der Waals surface area contributed by atoms with Gasteiger partial charge in [-0.3, -0.25) is 4.79 Å². The number of nitrogens with one attached hydrogen (secondary N) is 1. The van der Waals surface area contributed by atoms with Gasteiger partial charge in [0, 0.05) is 25.8 Å². The van der Waals surface area contributed by atoms with E-state index in [1.807, 2.05) is 6.92 Å². The predicted molar refractivity (Wildman–Crippen MR) is 50.5 cm³/mol. The lowest BCUT2D eigenvalue weighted by Gasteiger charge is -2.05. The van der Waals surface area contributed by atoms with Crippen molar-refractivity contribution in [2.75, 3.05) is 13.2 Å². The summed E-state index contributed by atoms with van der Waals surface area (Å²) in [6.07, 6.45) is 2.02. The Labute approximate surface area is 78.3 Å². The Morgan fingerprint density at radius 1 is 1.62 bits per heavy atom. The summed E-state index contributed by atoms with van der Waals surface area (Å²) in [5.41, 5.74) is 3.39. The van der Waals surface area contributed by atoms with Gasteiger partial charge in [0.25, 0.3) is 0 Å². The Kier molecular flexibility index (Phi) is 3.89. The van der Waals surface area contributed by atoms with E-state index >= 15 is 0 Å². The molecule has 1 heterocycles. The van der Waals surface area contributed by atoms with Crippen LogP contribution in [0.2, 0.25) is 0 Å². The van der Waals surface area contributed by atoms with Gasteiger partial charge in [-0.15, -0.1) is 0 Å². The Morgan fingerprint density at radius 2 is 2.38 bits per heavy atom. The van der Waals surface area contributed by atoms with Crippen molar-refractivity contribution in [3.05, 3.63) is 0 Å². The molecule has 4 nitrogen and oxygen atoms in total. The van der Waals surface area contributed by atoms with Gasteiger partial charge in [0.1, 0.15) is 0 Å². The summed E-state index contributed by atoms with van der Waals surface area (Å²) in [6, 6.07) is 0. The molecular weight excluding hydrogens is 168 g/mol. The van der Waals surface area contributed by atoms with E-state index in [0.717, 1.165) is 31.8 Å². The van der Waals surface area contributed by atoms with Gasteiger partial charge in [0.15, 0.2) is 0 Å². The molecular formula is C9H16N2O2. The molecule has 1 amide bonds. The summed E-state index contributed by atoms with van der Waals surface area (Å²) in [5, 5.41) is 3.95. The highest BCUT2D eigenvalue weighted by atomic mass is 16.5. The molecule has 1 fully saturated rings. The van der Waals surface area contributed by atoms with E-state index in [-0.39, 0.29) is 5.91 Å². The molecule has 74 valence electrons. The van der Waals surface area contributed by atoms with Crippen molar-refractivity contribution in [2.24, 2.45) is 11.0 Å². The smallest absolute Gasteiger partial charge is 0.236 e. The molecule has 1 aliphatic rings. The first kappa shape index (κ1) is 10.2. The van der Waals surface area contributed by atoms with E-state index < -0.39 is 0 Å². The van der Waals surface area contributed by atoms with Crippen molar-refractivity contribution in [2.45, 2.75) is 26.7 Å². The van der Waals surface area contributed by atoms with E-state index in [4.69, 9.17) is 4.74 Å². The number of nitrogens with zero attached hydrogens (tertiary/aromatic N) is 1. The van der Waals surface area contributed by atoms with Crippen molar-refractivity contribution < 1.29 is 9.53 Å². The molecule has 0 aliphatic carbocycles. The fraction of sp³-hybridized carbons (Fsp3) is 0.778. The van der Waals surface area contributed by atoms with Crippen LogP contribution in [0.1, 0.15) is 26.7 Å². The van der Waals surface area contributed by atoms with Crippen LogP contribution in [0.25, 0.3) is 0 Å². The second-order valence-electron chi connectivity index (χ2n) is 3.45. The molecule has 1 atom stereocenters. The van der Waals surface area contributed by atoms with E-state index in [2.05, 4.69) is 10.5 Å². The standard InChI is InChI=1S/C9H16N2O2/c1-7(10-11-8(2)12)5-9-3-4-13-6-9/h9H,3-6H2,1-2H3,(H,11,12)/b10-7+. The van der Waals surface area contributed by atoms with Gasteiger partial charge in [-0.05, 0) is 25.7 Å². The van der Waals surface area contributed by atoms with Gasteiger partial charge >= 0.3 is 0 Å². The fourth-order valence-electron chi connectivity index (χ4n) is 1.38. The quantitative estimate of drug-likeness (QED) is 0.524. The lowest BCUT2D eigenvalue weighted by atomic mass is 10.0. The summed E-state index contributed by atoms with van der Waals surface area (Å²) in [5.74, 6) is 0.458. The number of rotatable bonds is 3. The van der Waals surface area contributed by atoms with Crippen molar-refractivity contribution in [3.63, 3.8) is 0 Å². The highest BCUT2D eigenvalue weighted by Crippen LogP contribution is 2.16. The SMILES string of the molecule is CC(=O)N/N=C(\C)CC1CCOC1. The number of hydrogen-bond acceptors (Lipinski definition) is 3. The molecule has 0 aromatic carbocycles. The Balaban J connectivity index is 2.26. The van der Waals surface area contributed by atoms with E-state index in [9.17, 15) is 4.79 Å². The van der Waals surface area contributed by atoms with Gasteiger partial charge in [0.05, 0.1) is 0 Å². The molecule has 4 heteroatoms. The maximum absolute atomic E-state index is 10.5. The lowest BCUT2D eigenvalue weighted by molar-refractivity contribution is -0.118. The number of carbonyl (C=O) groups excluding carboxylic acids is 1. The minimum atomic E-state index is -0.123. The van der Waals surface area contributed by atoms with Crippen LogP contribution in [0.5, 0.6) is 0 Å². The number of hydrazone groups is 1. The zero-order valence-electron chi connectivity index (χ0n) is 8.17. The molecule has 1 rings (SSSR count). The average Bonchev–Trinajstić information content (AvgIpc) is 2.53. The topological polar surface area (TPSA) is 50.7 Å². The molecule has 1 N–H and O–H groups in total. The van der Waals surface area contributed by atoms with E-state index in [1.54, 1.807) is 0 Å². The highest BCUT2D eigenvalue weighted by Gasteiger charge is 2.16. The first-order valence-corrected chi connectivity index (χ1v) is 4.56. The fourth-order valence-corrected chi connectivity index (χ4v) is 1.38. The maximum atomic E-state index is 10.5. The first-order chi connectivity index (χ1) is 6.18. The molecule has 13 heavy (non-hydrogen) atoms. The van der Waals surface area contributed by atoms with Crippen molar-refractivity contribution in [1.82, 2.24) is 5.43 Å². The molecule has 0 bridgehead atoms. The third-order valence-electron chi connectivity index (χ3n) is 2.01. The normalized spacial score (nSPS) is 23.2. The Bertz CT molecular complexity index is 208. The molecule has 0 spiro atoms. The van der Waals surface area contributed by atoms with Crippen LogP contribution in [0.3, 0.4) is 0 Å². The van der Waals surface area contributed by atoms with E-state index in [1.165, 1.54) is 6.92 Å². The minimum absolute atomic E-state index is 0.123. The zero-order chi connectivity index (χ0) is 9.68. The second kappa shape index (κ2) is 4.97. The maximum Gasteiger partial charge on any atom is 0.236 e. The zero-order valence-corrected chi connectivity index (χ0v) is 8.17. The predicted octanol–water partition coefficient (Wildman–Crippen LogP) is 0.925. The highest BCUT2D eigenvalue weighted by molar-refractivity contribution is 5.84. The summed E-state index contributed by atoms with van der Waals surface area (Å²) < 4.78 is 5.24. The van der Waals surface area contributed by atoms with Gasteiger partial charge in [-0.2, -0.15) is 5.10 Å². The molecule has 0 aromatic rings. The van der Waals surface area contributed by atoms with Gasteiger partial charge in [-0.1, -0.05) is 0 Å². The summed E-state index contributed by atoms with van der Waals surface area (Å²) >= 11 is 0. The number of hydrogen-bond donors (Lipinski definition) is 1. The molecule has 0 aromatic heterocycles. The van der Waals surface area contributed by atoms with Crippen LogP contribution in [0.15, 0.2) is 5.10 Å². The van der Waals surface area contributed by atoms with Crippen molar-refractivity contribution in [3.8, 4) is 0 Å². The van der Waals surface area contributed by atoms with Crippen molar-refractivity contribution in [1.29, 1.82) is 0 Å². The third kappa shape index (κ3) is 4.03. The van der Waals surface area contributed by atoms with E-state index in [0.29, 0.717) is 5.92 Å². The molecule has 1 unspecified atom stereocenters. The van der Waals surface area contributed by atoms with Crippen LogP contribution in [-0.4, -0.2) is 24.8 Å². The van der Waals surface area contributed by atoms with Crippen LogP contribution in [0, 0.1) is 5.92 Å². The summed E-state index contributed by atoms with van der Waals surface area (Å²) in [4.78, 5) is 10.5. The number of amides is 1. The number of ether oxygens (including phenoxy) is 1. The van der Waals surface area contributed by atoms with Crippen LogP contribution in [-0.2, 0) is 9.53 Å². The lowest BCUT2D eigenvalue weighted by Crippen LogP contribution is -2.16. The van der Waals surface area contributed by atoms with Crippen molar-refractivity contribution >= 4 is 11.6 Å².